The highest BCUT2D eigenvalue weighted by molar-refractivity contribution is 5.85. The van der Waals surface area contributed by atoms with Gasteiger partial charge in [-0.3, -0.25) is 4.79 Å². The third-order valence-corrected chi connectivity index (χ3v) is 3.50. The Bertz CT molecular complexity index is 465. The van der Waals surface area contributed by atoms with Crippen LogP contribution in [0.2, 0.25) is 0 Å². The van der Waals surface area contributed by atoms with E-state index in [4.69, 9.17) is 4.74 Å². The van der Waals surface area contributed by atoms with Crippen molar-refractivity contribution in [2.24, 2.45) is 0 Å². The van der Waals surface area contributed by atoms with E-state index in [-0.39, 0.29) is 30.5 Å². The van der Waals surface area contributed by atoms with Crippen molar-refractivity contribution in [3.05, 3.63) is 29.8 Å². The molecule has 1 N–H and O–H groups in total. The third-order valence-electron chi connectivity index (χ3n) is 3.50. The van der Waals surface area contributed by atoms with Gasteiger partial charge in [0.25, 0.3) is 0 Å². The Morgan fingerprint density at radius 3 is 2.81 bits per heavy atom. The highest BCUT2D eigenvalue weighted by Crippen LogP contribution is 2.21. The van der Waals surface area contributed by atoms with Gasteiger partial charge in [0.15, 0.2) is 0 Å². The smallest absolute Gasteiger partial charge is 0.227 e. The van der Waals surface area contributed by atoms with Crippen molar-refractivity contribution in [2.45, 2.75) is 39.3 Å². The fourth-order valence-electron chi connectivity index (χ4n) is 2.49. The van der Waals surface area contributed by atoms with Crippen molar-refractivity contribution in [2.75, 3.05) is 19.6 Å². The molecule has 1 aliphatic heterocycles. The number of benzene rings is 1. The Morgan fingerprint density at radius 1 is 1.43 bits per heavy atom. The van der Waals surface area contributed by atoms with Crippen molar-refractivity contribution >= 4 is 18.3 Å². The molecule has 118 valence electrons. The molecule has 2 rings (SSSR count). The molecule has 21 heavy (non-hydrogen) atoms. The molecule has 1 fully saturated rings. The summed E-state index contributed by atoms with van der Waals surface area (Å²) in [5.74, 6) is 0.998. The van der Waals surface area contributed by atoms with E-state index in [2.05, 4.69) is 12.2 Å². The predicted molar refractivity (Wildman–Crippen MR) is 87.2 cm³/mol. The van der Waals surface area contributed by atoms with Gasteiger partial charge in [-0.05, 0) is 26.8 Å². The molecule has 4 nitrogen and oxygen atoms in total. The maximum atomic E-state index is 12.5. The highest BCUT2D eigenvalue weighted by atomic mass is 35.5. The van der Waals surface area contributed by atoms with Crippen LogP contribution in [-0.2, 0) is 11.2 Å². The van der Waals surface area contributed by atoms with Crippen LogP contribution in [0.25, 0.3) is 0 Å². The van der Waals surface area contributed by atoms with Crippen molar-refractivity contribution in [3.8, 4) is 5.75 Å². The van der Waals surface area contributed by atoms with Gasteiger partial charge < -0.3 is 15.0 Å². The summed E-state index contributed by atoms with van der Waals surface area (Å²) in [7, 11) is 0. The van der Waals surface area contributed by atoms with Gasteiger partial charge in [-0.1, -0.05) is 18.2 Å². The summed E-state index contributed by atoms with van der Waals surface area (Å²) in [6.45, 7) is 8.61. The summed E-state index contributed by atoms with van der Waals surface area (Å²) in [6, 6.07) is 8.07. The van der Waals surface area contributed by atoms with Crippen LogP contribution in [0.3, 0.4) is 0 Å². The Labute approximate surface area is 133 Å². The molecule has 1 atom stereocenters. The van der Waals surface area contributed by atoms with Crippen LogP contribution in [0, 0.1) is 0 Å². The average Bonchev–Trinajstić information content (AvgIpc) is 2.41. The quantitative estimate of drug-likeness (QED) is 0.927. The van der Waals surface area contributed by atoms with Gasteiger partial charge in [0.2, 0.25) is 5.91 Å². The number of nitrogens with one attached hydrogen (secondary N) is 1. The van der Waals surface area contributed by atoms with Gasteiger partial charge in [0.05, 0.1) is 12.5 Å². The molecule has 5 heteroatoms. The molecule has 0 spiro atoms. The molecule has 1 aromatic rings. The van der Waals surface area contributed by atoms with Crippen molar-refractivity contribution in [3.63, 3.8) is 0 Å². The first kappa shape index (κ1) is 17.8. The number of amides is 1. The lowest BCUT2D eigenvalue weighted by Crippen LogP contribution is -2.52. The lowest BCUT2D eigenvalue weighted by molar-refractivity contribution is -0.133. The van der Waals surface area contributed by atoms with Gasteiger partial charge in [-0.25, -0.2) is 0 Å². The zero-order valence-corrected chi connectivity index (χ0v) is 13.8. The van der Waals surface area contributed by atoms with E-state index in [9.17, 15) is 4.79 Å². The van der Waals surface area contributed by atoms with Crippen molar-refractivity contribution < 1.29 is 9.53 Å². The summed E-state index contributed by atoms with van der Waals surface area (Å²) in [5, 5.41) is 3.30. The predicted octanol–water partition coefficient (Wildman–Crippen LogP) is 2.26. The number of carbonyl (C=O) groups is 1. The standard InChI is InChI=1S/C16H24N2O2.ClH/c1-12(2)20-15-7-5-4-6-14(15)10-16(19)18-9-8-17-11-13(18)3;/h4-7,12-13,17H,8-11H2,1-3H3;1H/t13-;/m0./s1. The van der Waals surface area contributed by atoms with Crippen LogP contribution in [-0.4, -0.2) is 42.6 Å². The number of nitrogens with zero attached hydrogens (tertiary/aromatic N) is 1. The Balaban J connectivity index is 0.00000220. The van der Waals surface area contributed by atoms with Crippen molar-refractivity contribution in [1.29, 1.82) is 0 Å². The fourth-order valence-corrected chi connectivity index (χ4v) is 2.49. The number of rotatable bonds is 4. The van der Waals surface area contributed by atoms with E-state index < -0.39 is 0 Å². The number of hydrogen-bond acceptors (Lipinski definition) is 3. The van der Waals surface area contributed by atoms with Crippen LogP contribution in [0.4, 0.5) is 0 Å². The van der Waals surface area contributed by atoms with Crippen LogP contribution in [0.1, 0.15) is 26.3 Å². The van der Waals surface area contributed by atoms with Crippen LogP contribution >= 0.6 is 12.4 Å². The van der Waals surface area contributed by atoms with E-state index in [1.165, 1.54) is 0 Å². The molecule has 1 heterocycles. The zero-order chi connectivity index (χ0) is 14.5. The maximum absolute atomic E-state index is 12.5. The van der Waals surface area contributed by atoms with Crippen LogP contribution in [0.15, 0.2) is 24.3 Å². The summed E-state index contributed by atoms with van der Waals surface area (Å²) in [6.07, 6.45) is 0.525. The van der Waals surface area contributed by atoms with Gasteiger partial charge in [-0.15, -0.1) is 12.4 Å². The Hall–Kier alpha value is -1.26. The van der Waals surface area contributed by atoms with Gasteiger partial charge in [0.1, 0.15) is 5.75 Å². The van der Waals surface area contributed by atoms with E-state index in [0.29, 0.717) is 6.42 Å². The minimum Gasteiger partial charge on any atom is -0.491 e. The number of halogens is 1. The largest absolute Gasteiger partial charge is 0.491 e. The van der Waals surface area contributed by atoms with E-state index in [0.717, 1.165) is 30.9 Å². The van der Waals surface area contributed by atoms with E-state index >= 15 is 0 Å². The summed E-state index contributed by atoms with van der Waals surface area (Å²) in [4.78, 5) is 14.4. The van der Waals surface area contributed by atoms with E-state index in [1.54, 1.807) is 0 Å². The number of hydrogen-bond donors (Lipinski definition) is 1. The SMILES string of the molecule is CC(C)Oc1ccccc1CC(=O)N1CCNC[C@@H]1C.Cl. The van der Waals surface area contributed by atoms with Gasteiger partial charge in [-0.2, -0.15) is 0 Å². The Kier molecular flexibility index (Phi) is 6.99. The summed E-state index contributed by atoms with van der Waals surface area (Å²) >= 11 is 0. The molecule has 1 aromatic carbocycles. The first-order valence-corrected chi connectivity index (χ1v) is 7.32. The average molecular weight is 313 g/mol. The molecule has 1 amide bonds. The molecule has 0 saturated carbocycles. The molecule has 0 aromatic heterocycles. The topological polar surface area (TPSA) is 41.6 Å². The molecule has 1 saturated heterocycles. The van der Waals surface area contributed by atoms with Crippen LogP contribution in [0.5, 0.6) is 5.75 Å². The lowest BCUT2D eigenvalue weighted by Gasteiger charge is -2.34. The van der Waals surface area contributed by atoms with Crippen LogP contribution < -0.4 is 10.1 Å². The molecule has 0 radical (unpaired) electrons. The zero-order valence-electron chi connectivity index (χ0n) is 13.0. The fraction of sp³-hybridized carbons (Fsp3) is 0.562. The summed E-state index contributed by atoms with van der Waals surface area (Å²) < 4.78 is 5.78. The second-order valence-corrected chi connectivity index (χ2v) is 5.59. The molecular weight excluding hydrogens is 288 g/mol. The second kappa shape index (κ2) is 8.25. The minimum atomic E-state index is 0. The monoisotopic (exact) mass is 312 g/mol. The van der Waals surface area contributed by atoms with Crippen molar-refractivity contribution in [1.82, 2.24) is 10.2 Å². The minimum absolute atomic E-state index is 0. The molecule has 1 aliphatic rings. The first-order chi connectivity index (χ1) is 9.58. The van der Waals surface area contributed by atoms with Gasteiger partial charge in [0, 0.05) is 31.2 Å². The second-order valence-electron chi connectivity index (χ2n) is 5.59. The van der Waals surface area contributed by atoms with E-state index in [1.807, 2.05) is 43.0 Å². The lowest BCUT2D eigenvalue weighted by atomic mass is 10.1. The molecule has 0 bridgehead atoms. The molecular formula is C16H25ClN2O2. The number of piperazine rings is 1. The number of carbonyl (C=O) groups excluding carboxylic acids is 1. The molecule has 0 aliphatic carbocycles. The molecule has 0 unspecified atom stereocenters. The first-order valence-electron chi connectivity index (χ1n) is 7.32. The normalized spacial score (nSPS) is 18.3. The maximum Gasteiger partial charge on any atom is 0.227 e. The number of ether oxygens (including phenoxy) is 1. The third kappa shape index (κ3) is 4.90. The number of para-hydroxylation sites is 1. The van der Waals surface area contributed by atoms with Gasteiger partial charge >= 0.3 is 0 Å². The Morgan fingerprint density at radius 2 is 2.14 bits per heavy atom. The summed E-state index contributed by atoms with van der Waals surface area (Å²) in [5.41, 5.74) is 0.969. The highest BCUT2D eigenvalue weighted by Gasteiger charge is 2.23.